The summed E-state index contributed by atoms with van der Waals surface area (Å²) in [4.78, 5) is 27.9. The third-order valence-corrected chi connectivity index (χ3v) is 7.98. The van der Waals surface area contributed by atoms with Crippen LogP contribution in [-0.4, -0.2) is 37.4 Å². The normalized spacial score (nSPS) is 30.2. The zero-order chi connectivity index (χ0) is 22.3. The van der Waals surface area contributed by atoms with Crippen molar-refractivity contribution in [1.29, 1.82) is 0 Å². The van der Waals surface area contributed by atoms with E-state index in [0.717, 1.165) is 37.9 Å². The van der Waals surface area contributed by atoms with Crippen LogP contribution < -0.4 is 10.1 Å². The largest absolute Gasteiger partial charge is 0.497 e. The van der Waals surface area contributed by atoms with Crippen LogP contribution in [-0.2, 0) is 21.5 Å². The number of ether oxygens (including phenoxy) is 1. The second kappa shape index (κ2) is 7.98. The number of hydrogen-bond donors (Lipinski definition) is 1. The standard InChI is InChI=1S/C26H32N2O4/c1-28(16-23(29)27-15-22-4-3-9-32-22)24(30)26-13-18-10-19(14-26)12-25(11-18,17-26)20-5-7-21(31-2)8-6-20/h3-9,18-19H,10-17H2,1-2H3,(H,27,29). The van der Waals surface area contributed by atoms with Gasteiger partial charge < -0.3 is 19.4 Å². The lowest BCUT2D eigenvalue weighted by atomic mass is 9.42. The van der Waals surface area contributed by atoms with Gasteiger partial charge in [0.1, 0.15) is 11.5 Å². The fourth-order valence-corrected chi connectivity index (χ4v) is 7.14. The second-order valence-corrected chi connectivity index (χ2v) is 10.3. The van der Waals surface area contributed by atoms with E-state index in [1.54, 1.807) is 31.4 Å². The van der Waals surface area contributed by atoms with Crippen molar-refractivity contribution in [2.75, 3.05) is 20.7 Å². The number of carbonyl (C=O) groups excluding carboxylic acids is 2. The molecule has 1 aromatic heterocycles. The highest BCUT2D eigenvalue weighted by Gasteiger charge is 2.61. The van der Waals surface area contributed by atoms with Crippen molar-refractivity contribution in [3.05, 3.63) is 54.0 Å². The van der Waals surface area contributed by atoms with E-state index in [1.807, 2.05) is 18.2 Å². The Morgan fingerprint density at radius 1 is 1.12 bits per heavy atom. The highest BCUT2D eigenvalue weighted by Crippen LogP contribution is 2.66. The summed E-state index contributed by atoms with van der Waals surface area (Å²) in [6.45, 7) is 0.413. The molecule has 32 heavy (non-hydrogen) atoms. The van der Waals surface area contributed by atoms with E-state index in [9.17, 15) is 9.59 Å². The molecule has 0 aliphatic heterocycles. The Bertz CT molecular complexity index is 968. The van der Waals surface area contributed by atoms with Gasteiger partial charge in [-0.2, -0.15) is 0 Å². The molecule has 4 saturated carbocycles. The summed E-state index contributed by atoms with van der Waals surface area (Å²) in [7, 11) is 3.46. The third-order valence-electron chi connectivity index (χ3n) is 7.98. The fraction of sp³-hybridized carbons (Fsp3) is 0.538. The summed E-state index contributed by atoms with van der Waals surface area (Å²) in [6.07, 6.45) is 7.95. The predicted octanol–water partition coefficient (Wildman–Crippen LogP) is 3.90. The molecule has 4 bridgehead atoms. The van der Waals surface area contributed by atoms with Gasteiger partial charge in [-0.1, -0.05) is 12.1 Å². The van der Waals surface area contributed by atoms with Crippen LogP contribution in [0.1, 0.15) is 49.8 Å². The molecule has 6 heteroatoms. The maximum atomic E-state index is 13.7. The molecular formula is C26H32N2O4. The lowest BCUT2D eigenvalue weighted by Gasteiger charge is -2.62. The van der Waals surface area contributed by atoms with Crippen LogP contribution >= 0.6 is 0 Å². The second-order valence-electron chi connectivity index (χ2n) is 10.3. The summed E-state index contributed by atoms with van der Waals surface area (Å²) in [6, 6.07) is 12.1. The topological polar surface area (TPSA) is 71.8 Å². The van der Waals surface area contributed by atoms with Gasteiger partial charge in [0.05, 0.1) is 31.9 Å². The number of nitrogens with one attached hydrogen (secondary N) is 1. The van der Waals surface area contributed by atoms with Crippen LogP contribution in [0, 0.1) is 17.3 Å². The minimum Gasteiger partial charge on any atom is -0.497 e. The molecule has 2 unspecified atom stereocenters. The molecule has 6 rings (SSSR count). The minimum atomic E-state index is -0.347. The molecule has 4 aliphatic rings. The summed E-state index contributed by atoms with van der Waals surface area (Å²) >= 11 is 0. The summed E-state index contributed by atoms with van der Waals surface area (Å²) in [5.74, 6) is 2.72. The van der Waals surface area contributed by atoms with Crippen molar-refractivity contribution in [2.24, 2.45) is 17.3 Å². The molecular weight excluding hydrogens is 404 g/mol. The SMILES string of the molecule is COc1ccc(C23CC4CC(CC(C(=O)N(C)CC(=O)NCc5ccco5)(C4)C2)C3)cc1. The Hall–Kier alpha value is -2.76. The van der Waals surface area contributed by atoms with E-state index < -0.39 is 0 Å². The van der Waals surface area contributed by atoms with Crippen LogP contribution in [0.25, 0.3) is 0 Å². The average Bonchev–Trinajstić information content (AvgIpc) is 3.30. The molecule has 6 nitrogen and oxygen atoms in total. The van der Waals surface area contributed by atoms with Gasteiger partial charge in [0.2, 0.25) is 11.8 Å². The van der Waals surface area contributed by atoms with E-state index in [0.29, 0.717) is 24.1 Å². The Labute approximate surface area is 189 Å². The number of rotatable bonds is 7. The Morgan fingerprint density at radius 2 is 1.84 bits per heavy atom. The highest BCUT2D eigenvalue weighted by atomic mass is 16.5. The van der Waals surface area contributed by atoms with Crippen LogP contribution in [0.15, 0.2) is 47.1 Å². The Balaban J connectivity index is 1.31. The van der Waals surface area contributed by atoms with Crippen molar-refractivity contribution in [1.82, 2.24) is 10.2 Å². The molecule has 2 atom stereocenters. The van der Waals surface area contributed by atoms with Crippen molar-refractivity contribution in [3.8, 4) is 5.75 Å². The number of nitrogens with zero attached hydrogens (tertiary/aromatic N) is 1. The average molecular weight is 437 g/mol. The number of furan rings is 1. The Morgan fingerprint density at radius 3 is 2.47 bits per heavy atom. The van der Waals surface area contributed by atoms with Gasteiger partial charge in [0.25, 0.3) is 0 Å². The first-order valence-corrected chi connectivity index (χ1v) is 11.6. The van der Waals surface area contributed by atoms with Crippen LogP contribution in [0.2, 0.25) is 0 Å². The fourth-order valence-electron chi connectivity index (χ4n) is 7.14. The van der Waals surface area contributed by atoms with Crippen LogP contribution in [0.5, 0.6) is 5.75 Å². The molecule has 1 heterocycles. The van der Waals surface area contributed by atoms with Crippen molar-refractivity contribution >= 4 is 11.8 Å². The van der Waals surface area contributed by atoms with E-state index in [4.69, 9.17) is 9.15 Å². The molecule has 0 saturated heterocycles. The molecule has 2 aromatic rings. The third kappa shape index (κ3) is 3.70. The first-order chi connectivity index (χ1) is 15.4. The van der Waals surface area contributed by atoms with E-state index >= 15 is 0 Å². The van der Waals surface area contributed by atoms with Crippen molar-refractivity contribution in [3.63, 3.8) is 0 Å². The van der Waals surface area contributed by atoms with E-state index in [-0.39, 0.29) is 29.2 Å². The number of hydrogen-bond acceptors (Lipinski definition) is 4. The van der Waals surface area contributed by atoms with Gasteiger partial charge in [0.15, 0.2) is 0 Å². The van der Waals surface area contributed by atoms with Crippen LogP contribution in [0.3, 0.4) is 0 Å². The minimum absolute atomic E-state index is 0.0639. The van der Waals surface area contributed by atoms with Gasteiger partial charge in [-0.05, 0) is 85.6 Å². The van der Waals surface area contributed by atoms with E-state index in [1.165, 1.54) is 12.0 Å². The summed E-state index contributed by atoms with van der Waals surface area (Å²) in [5, 5.41) is 2.85. The maximum Gasteiger partial charge on any atom is 0.239 e. The van der Waals surface area contributed by atoms with Gasteiger partial charge in [-0.15, -0.1) is 0 Å². The molecule has 2 amide bonds. The number of likely N-dealkylation sites (N-methyl/N-ethyl adjacent to an activating group) is 1. The van der Waals surface area contributed by atoms with Gasteiger partial charge in [0, 0.05) is 7.05 Å². The molecule has 4 aliphatic carbocycles. The zero-order valence-electron chi connectivity index (χ0n) is 18.9. The first-order valence-electron chi connectivity index (χ1n) is 11.6. The number of benzene rings is 1. The zero-order valence-corrected chi connectivity index (χ0v) is 18.9. The molecule has 1 N–H and O–H groups in total. The summed E-state index contributed by atoms with van der Waals surface area (Å²) in [5.41, 5.74) is 1.05. The molecule has 4 fully saturated rings. The maximum absolute atomic E-state index is 13.7. The summed E-state index contributed by atoms with van der Waals surface area (Å²) < 4.78 is 10.6. The molecule has 1 aromatic carbocycles. The quantitative estimate of drug-likeness (QED) is 0.715. The van der Waals surface area contributed by atoms with Crippen LogP contribution in [0.4, 0.5) is 0 Å². The molecule has 0 radical (unpaired) electrons. The molecule has 0 spiro atoms. The lowest BCUT2D eigenvalue weighted by Crippen LogP contribution is -2.59. The van der Waals surface area contributed by atoms with Crippen molar-refractivity contribution in [2.45, 2.75) is 50.5 Å². The lowest BCUT2D eigenvalue weighted by molar-refractivity contribution is -0.160. The van der Waals surface area contributed by atoms with Gasteiger partial charge >= 0.3 is 0 Å². The number of methoxy groups -OCH3 is 1. The van der Waals surface area contributed by atoms with Gasteiger partial charge in [-0.3, -0.25) is 9.59 Å². The Kier molecular flexibility index (Phi) is 5.26. The van der Waals surface area contributed by atoms with Gasteiger partial charge in [-0.25, -0.2) is 0 Å². The smallest absolute Gasteiger partial charge is 0.239 e. The monoisotopic (exact) mass is 436 g/mol. The number of carbonyl (C=O) groups is 2. The van der Waals surface area contributed by atoms with E-state index in [2.05, 4.69) is 17.4 Å². The first kappa shape index (κ1) is 21.1. The van der Waals surface area contributed by atoms with Crippen molar-refractivity contribution < 1.29 is 18.7 Å². The highest BCUT2D eigenvalue weighted by molar-refractivity contribution is 5.88. The number of amides is 2. The molecule has 170 valence electrons. The predicted molar refractivity (Wildman–Crippen MR) is 120 cm³/mol.